The lowest BCUT2D eigenvalue weighted by Gasteiger charge is -2.41. The van der Waals surface area contributed by atoms with E-state index in [1.165, 1.54) is 0 Å². The summed E-state index contributed by atoms with van der Waals surface area (Å²) in [7, 11) is 3.42. The number of hydrogen-bond acceptors (Lipinski definition) is 10. The third-order valence-electron chi connectivity index (χ3n) is 5.96. The molecule has 1 saturated carbocycles. The number of nitrogens with zero attached hydrogens (tertiary/aromatic N) is 6. The summed E-state index contributed by atoms with van der Waals surface area (Å²) >= 11 is 0. The van der Waals surface area contributed by atoms with E-state index in [2.05, 4.69) is 25.2 Å². The Morgan fingerprint density at radius 3 is 2.68 bits per heavy atom. The molecule has 2 fully saturated rings. The van der Waals surface area contributed by atoms with Gasteiger partial charge in [0.05, 0.1) is 31.6 Å². The van der Waals surface area contributed by atoms with Gasteiger partial charge in [-0.05, 0) is 6.92 Å². The number of carbonyl (C=O) groups is 1. The maximum atomic E-state index is 12.4. The zero-order valence-corrected chi connectivity index (χ0v) is 19.8. The van der Waals surface area contributed by atoms with E-state index in [4.69, 9.17) is 24.9 Å². The predicted molar refractivity (Wildman–Crippen MR) is 126 cm³/mol. The highest BCUT2D eigenvalue weighted by molar-refractivity contribution is 5.74. The zero-order chi connectivity index (χ0) is 24.1. The second-order valence-corrected chi connectivity index (χ2v) is 8.60. The molecule has 2 amide bonds. The van der Waals surface area contributed by atoms with Crippen molar-refractivity contribution in [2.45, 2.75) is 38.0 Å². The Morgan fingerprint density at radius 1 is 1.29 bits per heavy atom. The molecule has 12 heteroatoms. The quantitative estimate of drug-likeness (QED) is 0.570. The van der Waals surface area contributed by atoms with E-state index in [0.29, 0.717) is 50.4 Å². The molecule has 0 unspecified atom stereocenters. The van der Waals surface area contributed by atoms with E-state index in [-0.39, 0.29) is 30.2 Å². The Hall–Kier alpha value is -3.25. The number of methoxy groups -OCH3 is 1. The van der Waals surface area contributed by atoms with Crippen LogP contribution in [0.3, 0.4) is 0 Å². The Kier molecular flexibility index (Phi) is 7.58. The standard InChI is InChI=1S/C22H32N8O4/c1-14(13-32-3)26-22(31)29(2)16-8-17(9-16)34-19-10-18(15-11-24-20(23)25-12-15)27-21(28-19)30-4-6-33-7-5-30/h10-12,14,16-17H,4-9,13H2,1-3H3,(H,26,31)(H2,23,24,25)/t14-,16?,17?/m0/s1. The molecule has 1 aliphatic carbocycles. The van der Waals surface area contributed by atoms with E-state index in [0.717, 1.165) is 18.4 Å². The summed E-state index contributed by atoms with van der Waals surface area (Å²) in [6.45, 7) is 5.03. The normalized spacial score (nSPS) is 20.9. The summed E-state index contributed by atoms with van der Waals surface area (Å²) < 4.78 is 16.7. The van der Waals surface area contributed by atoms with Crippen molar-refractivity contribution in [2.75, 3.05) is 57.7 Å². The number of morpholine rings is 1. The first kappa shape index (κ1) is 23.9. The third-order valence-corrected chi connectivity index (χ3v) is 5.96. The monoisotopic (exact) mass is 472 g/mol. The van der Waals surface area contributed by atoms with Crippen LogP contribution in [0.5, 0.6) is 5.88 Å². The van der Waals surface area contributed by atoms with E-state index >= 15 is 0 Å². The zero-order valence-electron chi connectivity index (χ0n) is 19.8. The van der Waals surface area contributed by atoms with Crippen molar-refractivity contribution in [1.29, 1.82) is 0 Å². The van der Waals surface area contributed by atoms with Gasteiger partial charge < -0.3 is 35.1 Å². The number of carbonyl (C=O) groups excluding carboxylic acids is 1. The van der Waals surface area contributed by atoms with Gasteiger partial charge in [0.15, 0.2) is 0 Å². The minimum absolute atomic E-state index is 0.0420. The van der Waals surface area contributed by atoms with Gasteiger partial charge >= 0.3 is 6.03 Å². The highest BCUT2D eigenvalue weighted by atomic mass is 16.5. The van der Waals surface area contributed by atoms with Crippen LogP contribution in [-0.4, -0.2) is 96.1 Å². The van der Waals surface area contributed by atoms with Crippen molar-refractivity contribution < 1.29 is 19.0 Å². The van der Waals surface area contributed by atoms with Crippen LogP contribution in [0, 0.1) is 0 Å². The topological polar surface area (TPSA) is 141 Å². The first-order chi connectivity index (χ1) is 16.4. The highest BCUT2D eigenvalue weighted by Crippen LogP contribution is 2.31. The number of nitrogens with one attached hydrogen (secondary N) is 1. The fraction of sp³-hybridized carbons (Fsp3) is 0.591. The molecule has 1 atom stereocenters. The highest BCUT2D eigenvalue weighted by Gasteiger charge is 2.36. The fourth-order valence-corrected chi connectivity index (χ4v) is 3.89. The molecule has 2 aromatic rings. The fourth-order valence-electron chi connectivity index (χ4n) is 3.89. The van der Waals surface area contributed by atoms with E-state index in [1.807, 2.05) is 6.92 Å². The average Bonchev–Trinajstić information content (AvgIpc) is 2.81. The van der Waals surface area contributed by atoms with E-state index < -0.39 is 0 Å². The molecule has 1 aliphatic heterocycles. The predicted octanol–water partition coefficient (Wildman–Crippen LogP) is 0.939. The maximum absolute atomic E-state index is 12.4. The molecule has 2 aromatic heterocycles. The van der Waals surface area contributed by atoms with Gasteiger partial charge in [0.25, 0.3) is 0 Å². The molecule has 0 radical (unpaired) electrons. The SMILES string of the molecule is COC[C@H](C)NC(=O)N(C)C1CC(Oc2cc(-c3cnc(N)nc3)nc(N3CCOCC3)n2)C1. The molecular formula is C22H32N8O4. The third kappa shape index (κ3) is 5.81. The molecule has 12 nitrogen and oxygen atoms in total. The molecule has 4 rings (SSSR count). The molecule has 1 saturated heterocycles. The molecule has 0 aromatic carbocycles. The number of anilines is 2. The average molecular weight is 473 g/mol. The molecule has 3 heterocycles. The van der Waals surface area contributed by atoms with Crippen molar-refractivity contribution in [3.8, 4) is 17.1 Å². The summed E-state index contributed by atoms with van der Waals surface area (Å²) in [6, 6.07) is 1.72. The summed E-state index contributed by atoms with van der Waals surface area (Å²) in [5, 5.41) is 2.93. The number of urea groups is 1. The maximum Gasteiger partial charge on any atom is 0.317 e. The number of nitrogens with two attached hydrogens (primary N) is 1. The molecule has 34 heavy (non-hydrogen) atoms. The van der Waals surface area contributed by atoms with Crippen LogP contribution in [0.15, 0.2) is 18.5 Å². The minimum Gasteiger partial charge on any atom is -0.474 e. The molecule has 0 bridgehead atoms. The Balaban J connectivity index is 1.43. The van der Waals surface area contributed by atoms with Crippen LogP contribution in [0.4, 0.5) is 16.7 Å². The van der Waals surface area contributed by atoms with Crippen LogP contribution in [0.25, 0.3) is 11.3 Å². The lowest BCUT2D eigenvalue weighted by atomic mass is 9.88. The van der Waals surface area contributed by atoms with Gasteiger partial charge in [0, 0.05) is 70.2 Å². The van der Waals surface area contributed by atoms with Crippen molar-refractivity contribution in [1.82, 2.24) is 30.2 Å². The van der Waals surface area contributed by atoms with Gasteiger partial charge in [-0.15, -0.1) is 0 Å². The largest absolute Gasteiger partial charge is 0.474 e. The van der Waals surface area contributed by atoms with Gasteiger partial charge in [-0.3, -0.25) is 0 Å². The lowest BCUT2D eigenvalue weighted by molar-refractivity contribution is 0.0394. The van der Waals surface area contributed by atoms with Gasteiger partial charge in [-0.25, -0.2) is 19.7 Å². The number of nitrogen functional groups attached to an aromatic ring is 1. The Bertz CT molecular complexity index is 964. The molecule has 2 aliphatic rings. The van der Waals surface area contributed by atoms with Gasteiger partial charge in [-0.1, -0.05) is 0 Å². The number of ether oxygens (including phenoxy) is 3. The summed E-state index contributed by atoms with van der Waals surface area (Å²) in [6.07, 6.45) is 4.67. The summed E-state index contributed by atoms with van der Waals surface area (Å²) in [5.74, 6) is 1.26. The van der Waals surface area contributed by atoms with Crippen molar-refractivity contribution in [2.24, 2.45) is 0 Å². The Labute approximate surface area is 198 Å². The lowest BCUT2D eigenvalue weighted by Crippen LogP contribution is -2.54. The van der Waals surface area contributed by atoms with Crippen LogP contribution >= 0.6 is 0 Å². The van der Waals surface area contributed by atoms with E-state index in [9.17, 15) is 4.79 Å². The Morgan fingerprint density at radius 2 is 2.00 bits per heavy atom. The molecule has 0 spiro atoms. The van der Waals surface area contributed by atoms with Gasteiger partial charge in [0.2, 0.25) is 17.8 Å². The first-order valence-electron chi connectivity index (χ1n) is 11.4. The molecule has 3 N–H and O–H groups in total. The second-order valence-electron chi connectivity index (χ2n) is 8.60. The minimum atomic E-state index is -0.115. The first-order valence-corrected chi connectivity index (χ1v) is 11.4. The van der Waals surface area contributed by atoms with E-state index in [1.54, 1.807) is 37.5 Å². The number of rotatable bonds is 8. The number of hydrogen-bond donors (Lipinski definition) is 2. The van der Waals surface area contributed by atoms with Crippen molar-refractivity contribution in [3.05, 3.63) is 18.5 Å². The van der Waals surface area contributed by atoms with Gasteiger partial charge in [-0.2, -0.15) is 4.98 Å². The smallest absolute Gasteiger partial charge is 0.317 e. The van der Waals surface area contributed by atoms with Crippen molar-refractivity contribution >= 4 is 17.9 Å². The number of amides is 2. The second kappa shape index (κ2) is 10.8. The van der Waals surface area contributed by atoms with Crippen molar-refractivity contribution in [3.63, 3.8) is 0 Å². The molecular weight excluding hydrogens is 440 g/mol. The van der Waals surface area contributed by atoms with Crippen LogP contribution in [0.2, 0.25) is 0 Å². The molecule has 184 valence electrons. The van der Waals surface area contributed by atoms with Crippen LogP contribution in [0.1, 0.15) is 19.8 Å². The number of aromatic nitrogens is 4. The van der Waals surface area contributed by atoms with Crippen LogP contribution in [-0.2, 0) is 9.47 Å². The van der Waals surface area contributed by atoms with Crippen LogP contribution < -0.4 is 20.7 Å². The van der Waals surface area contributed by atoms with Gasteiger partial charge in [0.1, 0.15) is 6.10 Å². The summed E-state index contributed by atoms with van der Waals surface area (Å²) in [5.41, 5.74) is 7.02. The summed E-state index contributed by atoms with van der Waals surface area (Å²) in [4.78, 5) is 33.7.